The number of carbonyl (C=O) groups is 1. The van der Waals surface area contributed by atoms with E-state index in [1.54, 1.807) is 30.3 Å². The molecule has 152 valence electrons. The van der Waals surface area contributed by atoms with Crippen LogP contribution in [0.3, 0.4) is 0 Å². The third-order valence-electron chi connectivity index (χ3n) is 3.94. The molecule has 0 aromatic heterocycles. The van der Waals surface area contributed by atoms with Crippen molar-refractivity contribution < 1.29 is 23.7 Å². The Morgan fingerprint density at radius 3 is 2.18 bits per heavy atom. The summed E-state index contributed by atoms with van der Waals surface area (Å²) in [7, 11) is 3.03. The van der Waals surface area contributed by atoms with Crippen molar-refractivity contribution in [1.29, 1.82) is 0 Å². The van der Waals surface area contributed by atoms with Crippen LogP contribution in [-0.4, -0.2) is 53.0 Å². The highest BCUT2D eigenvalue weighted by molar-refractivity contribution is 6.08. The fourth-order valence-electron chi connectivity index (χ4n) is 2.56. The highest BCUT2D eigenvalue weighted by Gasteiger charge is 2.18. The van der Waals surface area contributed by atoms with Crippen LogP contribution in [-0.2, 0) is 4.74 Å². The molecule has 0 unspecified atom stereocenters. The lowest BCUT2D eigenvalue weighted by Crippen LogP contribution is -2.25. The van der Waals surface area contributed by atoms with Crippen LogP contribution in [0, 0.1) is 0 Å². The fourth-order valence-corrected chi connectivity index (χ4v) is 2.56. The molecule has 0 aliphatic carbocycles. The molecule has 0 fully saturated rings. The van der Waals surface area contributed by atoms with Gasteiger partial charge in [0.15, 0.2) is 0 Å². The smallest absolute Gasteiger partial charge is 0.263 e. The van der Waals surface area contributed by atoms with E-state index in [0.29, 0.717) is 36.0 Å². The summed E-state index contributed by atoms with van der Waals surface area (Å²) >= 11 is 0. The Labute approximate surface area is 165 Å². The first-order valence-corrected chi connectivity index (χ1v) is 9.23. The number of anilines is 1. The minimum absolute atomic E-state index is 0.304. The second-order valence-electron chi connectivity index (χ2n) is 5.81. The number of carbonyl (C=O) groups excluding carboxylic acids is 1. The third kappa shape index (κ3) is 6.44. The van der Waals surface area contributed by atoms with Gasteiger partial charge >= 0.3 is 0 Å². The zero-order chi connectivity index (χ0) is 20.2. The van der Waals surface area contributed by atoms with E-state index >= 15 is 0 Å². The SMILES string of the molecule is CCOCCNCCOc1ccc(NC(=O)c2c(OC)cccc2OC)cc1. The van der Waals surface area contributed by atoms with Gasteiger partial charge in [0.2, 0.25) is 0 Å². The van der Waals surface area contributed by atoms with E-state index in [4.69, 9.17) is 18.9 Å². The van der Waals surface area contributed by atoms with E-state index < -0.39 is 0 Å². The molecule has 0 aliphatic heterocycles. The van der Waals surface area contributed by atoms with E-state index in [-0.39, 0.29) is 5.91 Å². The summed E-state index contributed by atoms with van der Waals surface area (Å²) in [5, 5.41) is 6.09. The Balaban J connectivity index is 1.86. The third-order valence-corrected chi connectivity index (χ3v) is 3.94. The van der Waals surface area contributed by atoms with E-state index in [9.17, 15) is 4.79 Å². The van der Waals surface area contributed by atoms with Gasteiger partial charge in [0.1, 0.15) is 29.4 Å². The molecule has 2 rings (SSSR count). The van der Waals surface area contributed by atoms with Crippen molar-refractivity contribution in [2.45, 2.75) is 6.92 Å². The lowest BCUT2D eigenvalue weighted by atomic mass is 10.1. The van der Waals surface area contributed by atoms with Crippen LogP contribution in [0.4, 0.5) is 5.69 Å². The van der Waals surface area contributed by atoms with Gasteiger partial charge in [-0.3, -0.25) is 4.79 Å². The molecule has 0 heterocycles. The predicted octanol–water partition coefficient (Wildman–Crippen LogP) is 2.96. The summed E-state index contributed by atoms with van der Waals surface area (Å²) in [5.41, 5.74) is 1.01. The fraction of sp³-hybridized carbons (Fsp3) is 0.381. The molecule has 0 spiro atoms. The molecule has 0 aliphatic rings. The van der Waals surface area contributed by atoms with Crippen LogP contribution in [0.5, 0.6) is 17.2 Å². The van der Waals surface area contributed by atoms with Crippen molar-refractivity contribution in [3.05, 3.63) is 48.0 Å². The van der Waals surface area contributed by atoms with Gasteiger partial charge in [-0.2, -0.15) is 0 Å². The minimum atomic E-state index is -0.304. The second kappa shape index (κ2) is 11.8. The largest absolute Gasteiger partial charge is 0.496 e. The van der Waals surface area contributed by atoms with Gasteiger partial charge in [-0.05, 0) is 43.3 Å². The monoisotopic (exact) mass is 388 g/mol. The van der Waals surface area contributed by atoms with Crippen molar-refractivity contribution in [1.82, 2.24) is 5.32 Å². The van der Waals surface area contributed by atoms with Gasteiger partial charge in [-0.25, -0.2) is 0 Å². The molecule has 0 saturated carbocycles. The molecule has 1 amide bonds. The molecular weight excluding hydrogens is 360 g/mol. The zero-order valence-corrected chi connectivity index (χ0v) is 16.6. The minimum Gasteiger partial charge on any atom is -0.496 e. The highest BCUT2D eigenvalue weighted by atomic mass is 16.5. The van der Waals surface area contributed by atoms with E-state index in [0.717, 1.165) is 25.4 Å². The number of nitrogens with one attached hydrogen (secondary N) is 2. The lowest BCUT2D eigenvalue weighted by Gasteiger charge is -2.13. The van der Waals surface area contributed by atoms with Crippen molar-refractivity contribution in [2.24, 2.45) is 0 Å². The molecule has 2 aromatic rings. The highest BCUT2D eigenvalue weighted by Crippen LogP contribution is 2.29. The Bertz CT molecular complexity index is 712. The quantitative estimate of drug-likeness (QED) is 0.545. The number of hydrogen-bond donors (Lipinski definition) is 2. The van der Waals surface area contributed by atoms with E-state index in [1.807, 2.05) is 19.1 Å². The van der Waals surface area contributed by atoms with Crippen molar-refractivity contribution in [3.63, 3.8) is 0 Å². The standard InChI is InChI=1S/C21H28N2O5/c1-4-27-14-12-22-13-15-28-17-10-8-16(9-11-17)23-21(24)20-18(25-2)6-5-7-19(20)26-3/h5-11,22H,4,12-15H2,1-3H3,(H,23,24). The maximum Gasteiger partial charge on any atom is 0.263 e. The second-order valence-corrected chi connectivity index (χ2v) is 5.81. The topological polar surface area (TPSA) is 78.0 Å². The first-order chi connectivity index (χ1) is 13.7. The van der Waals surface area contributed by atoms with Crippen molar-refractivity contribution in [2.75, 3.05) is 52.4 Å². The maximum absolute atomic E-state index is 12.7. The number of amides is 1. The molecule has 0 saturated heterocycles. The van der Waals surface area contributed by atoms with Crippen LogP contribution in [0.15, 0.2) is 42.5 Å². The maximum atomic E-state index is 12.7. The average molecular weight is 388 g/mol. The number of hydrogen-bond acceptors (Lipinski definition) is 6. The summed E-state index contributed by atoms with van der Waals surface area (Å²) < 4.78 is 21.5. The molecular formula is C21H28N2O5. The first-order valence-electron chi connectivity index (χ1n) is 9.23. The summed E-state index contributed by atoms with van der Waals surface area (Å²) in [6, 6.07) is 12.4. The lowest BCUT2D eigenvalue weighted by molar-refractivity contribution is 0.102. The van der Waals surface area contributed by atoms with Gasteiger partial charge in [-0.1, -0.05) is 6.07 Å². The molecule has 2 aromatic carbocycles. The van der Waals surface area contributed by atoms with E-state index in [1.165, 1.54) is 14.2 Å². The molecule has 7 nitrogen and oxygen atoms in total. The Morgan fingerprint density at radius 1 is 0.929 bits per heavy atom. The summed E-state index contributed by atoms with van der Waals surface area (Å²) in [4.78, 5) is 12.7. The first kappa shape index (κ1) is 21.5. The predicted molar refractivity (Wildman–Crippen MR) is 109 cm³/mol. The molecule has 28 heavy (non-hydrogen) atoms. The zero-order valence-electron chi connectivity index (χ0n) is 16.6. The molecule has 0 atom stereocenters. The van der Waals surface area contributed by atoms with Gasteiger partial charge < -0.3 is 29.6 Å². The number of ether oxygens (including phenoxy) is 4. The molecule has 2 N–H and O–H groups in total. The average Bonchev–Trinajstić information content (AvgIpc) is 2.73. The van der Waals surface area contributed by atoms with Gasteiger partial charge in [0, 0.05) is 25.4 Å². The number of methoxy groups -OCH3 is 2. The Morgan fingerprint density at radius 2 is 1.57 bits per heavy atom. The van der Waals surface area contributed by atoms with Crippen LogP contribution in [0.25, 0.3) is 0 Å². The van der Waals surface area contributed by atoms with Crippen molar-refractivity contribution >= 4 is 11.6 Å². The molecule has 0 radical (unpaired) electrons. The van der Waals surface area contributed by atoms with Crippen LogP contribution >= 0.6 is 0 Å². The Kier molecular flexibility index (Phi) is 9.10. The van der Waals surface area contributed by atoms with Gasteiger partial charge in [0.25, 0.3) is 5.91 Å². The molecule has 7 heteroatoms. The number of benzene rings is 2. The number of rotatable bonds is 12. The Hall–Kier alpha value is -2.77. The van der Waals surface area contributed by atoms with Gasteiger partial charge in [-0.15, -0.1) is 0 Å². The molecule has 0 bridgehead atoms. The van der Waals surface area contributed by atoms with Gasteiger partial charge in [0.05, 0.1) is 20.8 Å². The summed E-state index contributed by atoms with van der Waals surface area (Å²) in [6.45, 7) is 5.48. The summed E-state index contributed by atoms with van der Waals surface area (Å²) in [5.74, 6) is 1.34. The summed E-state index contributed by atoms with van der Waals surface area (Å²) in [6.07, 6.45) is 0. The van der Waals surface area contributed by atoms with Crippen LogP contribution < -0.4 is 24.8 Å². The van der Waals surface area contributed by atoms with Crippen LogP contribution in [0.2, 0.25) is 0 Å². The van der Waals surface area contributed by atoms with Crippen LogP contribution in [0.1, 0.15) is 17.3 Å². The van der Waals surface area contributed by atoms with Crippen molar-refractivity contribution in [3.8, 4) is 17.2 Å². The normalized spacial score (nSPS) is 10.4. The van der Waals surface area contributed by atoms with E-state index in [2.05, 4.69) is 10.6 Å².